The molecule has 0 saturated carbocycles. The highest BCUT2D eigenvalue weighted by Gasteiger charge is 1.97. The van der Waals surface area contributed by atoms with Crippen LogP contribution in [0.4, 0.5) is 0 Å². The van der Waals surface area contributed by atoms with Gasteiger partial charge in [0, 0.05) is 5.56 Å². The van der Waals surface area contributed by atoms with Crippen molar-refractivity contribution in [1.82, 2.24) is 0 Å². The molecule has 0 heterocycles. The largest absolute Gasteiger partial charge is 1.00 e. The van der Waals surface area contributed by atoms with Gasteiger partial charge in [-0.15, -0.1) is 0 Å². The van der Waals surface area contributed by atoms with Gasteiger partial charge in [-0.2, -0.15) is 0 Å². The molecule has 31 heavy (non-hydrogen) atoms. The number of halogens is 1. The second-order valence-electron chi connectivity index (χ2n) is 9.48. The van der Waals surface area contributed by atoms with Gasteiger partial charge < -0.3 is 17.7 Å². The summed E-state index contributed by atoms with van der Waals surface area (Å²) in [4.78, 5) is 0. The van der Waals surface area contributed by atoms with Crippen LogP contribution in [0.2, 0.25) is 0 Å². The highest BCUT2D eigenvalue weighted by atomic mass is 35.5. The van der Waals surface area contributed by atoms with Crippen LogP contribution in [0.5, 0.6) is 0 Å². The summed E-state index contributed by atoms with van der Waals surface area (Å²) in [6, 6.07) is 10.8. The molecule has 182 valence electrons. The van der Waals surface area contributed by atoms with E-state index in [-0.39, 0.29) is 12.4 Å². The van der Waals surface area contributed by atoms with Gasteiger partial charge in [0.2, 0.25) is 0 Å². The van der Waals surface area contributed by atoms with Crippen molar-refractivity contribution >= 4 is 0 Å². The van der Waals surface area contributed by atoms with Gasteiger partial charge in [0.25, 0.3) is 0 Å². The summed E-state index contributed by atoms with van der Waals surface area (Å²) in [7, 11) is 0. The molecule has 0 fully saturated rings. The van der Waals surface area contributed by atoms with E-state index < -0.39 is 0 Å². The van der Waals surface area contributed by atoms with Crippen LogP contribution in [0.3, 0.4) is 0 Å². The molecular formula is C29H54ClN. The molecule has 0 bridgehead atoms. The Kier molecular flexibility index (Phi) is 25.3. The zero-order valence-corrected chi connectivity index (χ0v) is 21.7. The molecule has 0 unspecified atom stereocenters. The molecular weight excluding hydrogens is 398 g/mol. The topological polar surface area (TPSA) is 16.6 Å². The van der Waals surface area contributed by atoms with Crippen molar-refractivity contribution < 1.29 is 17.7 Å². The first-order chi connectivity index (χ1) is 14.9. The predicted molar refractivity (Wildman–Crippen MR) is 135 cm³/mol. The molecule has 0 saturated heterocycles. The summed E-state index contributed by atoms with van der Waals surface area (Å²) in [6.07, 6.45) is 29.2. The molecule has 0 amide bonds. The molecule has 0 aliphatic heterocycles. The van der Waals surface area contributed by atoms with Crippen molar-refractivity contribution in [3.05, 3.63) is 35.9 Å². The van der Waals surface area contributed by atoms with Gasteiger partial charge in [0.05, 0.1) is 6.54 Å². The number of rotatable bonds is 23. The van der Waals surface area contributed by atoms with Crippen LogP contribution in [0, 0.1) is 0 Å². The van der Waals surface area contributed by atoms with E-state index in [0.717, 1.165) is 6.54 Å². The quantitative estimate of drug-likeness (QED) is 0.209. The van der Waals surface area contributed by atoms with Crippen molar-refractivity contribution in [2.75, 3.05) is 6.54 Å². The van der Waals surface area contributed by atoms with Crippen molar-refractivity contribution in [3.63, 3.8) is 0 Å². The SMILES string of the molecule is CCCCCCCCCCCCCCCCCCCCCC[NH2+]Cc1ccccc1.[Cl-]. The lowest BCUT2D eigenvalue weighted by atomic mass is 10.0. The fraction of sp³-hybridized carbons (Fsp3) is 0.793. The number of nitrogens with two attached hydrogens (primary N) is 1. The fourth-order valence-corrected chi connectivity index (χ4v) is 4.43. The van der Waals surface area contributed by atoms with Crippen molar-refractivity contribution in [2.45, 2.75) is 142 Å². The maximum absolute atomic E-state index is 2.46. The van der Waals surface area contributed by atoms with Crippen LogP contribution in [0.25, 0.3) is 0 Å². The van der Waals surface area contributed by atoms with Crippen LogP contribution in [-0.2, 0) is 6.54 Å². The lowest BCUT2D eigenvalue weighted by Gasteiger charge is -2.04. The Morgan fingerprint density at radius 1 is 0.484 bits per heavy atom. The maximum Gasteiger partial charge on any atom is 0.101 e. The highest BCUT2D eigenvalue weighted by molar-refractivity contribution is 5.12. The van der Waals surface area contributed by atoms with Gasteiger partial charge in [-0.25, -0.2) is 0 Å². The van der Waals surface area contributed by atoms with E-state index in [1.807, 2.05) is 0 Å². The number of benzene rings is 1. The van der Waals surface area contributed by atoms with E-state index in [1.165, 1.54) is 141 Å². The van der Waals surface area contributed by atoms with Gasteiger partial charge in [-0.05, 0) is 12.8 Å². The normalized spacial score (nSPS) is 10.9. The fourth-order valence-electron chi connectivity index (χ4n) is 4.43. The first kappa shape index (κ1) is 30.5. The summed E-state index contributed by atoms with van der Waals surface area (Å²) in [5, 5.41) is 2.46. The Morgan fingerprint density at radius 2 is 0.839 bits per heavy atom. The van der Waals surface area contributed by atoms with Gasteiger partial charge >= 0.3 is 0 Å². The molecule has 1 aromatic rings. The van der Waals surface area contributed by atoms with Crippen molar-refractivity contribution in [1.29, 1.82) is 0 Å². The molecule has 2 heteroatoms. The smallest absolute Gasteiger partial charge is 0.101 e. The number of hydrogen-bond donors (Lipinski definition) is 1. The van der Waals surface area contributed by atoms with Gasteiger partial charge in [-0.3, -0.25) is 0 Å². The maximum atomic E-state index is 2.46. The van der Waals surface area contributed by atoms with Crippen LogP contribution in [0.15, 0.2) is 30.3 Å². The van der Waals surface area contributed by atoms with Crippen LogP contribution in [-0.4, -0.2) is 6.54 Å². The molecule has 0 aliphatic carbocycles. The monoisotopic (exact) mass is 451 g/mol. The Morgan fingerprint density at radius 3 is 1.23 bits per heavy atom. The first-order valence-electron chi connectivity index (χ1n) is 13.8. The summed E-state index contributed by atoms with van der Waals surface area (Å²) in [5.74, 6) is 0. The standard InChI is InChI=1S/C29H53N.ClH/c1-2-3-4-5-6-7-8-9-10-11-12-13-14-15-16-17-18-19-20-24-27-30-28-29-25-22-21-23-26-29;/h21-23,25-26,30H,2-20,24,27-28H2,1H3;1H. The minimum Gasteiger partial charge on any atom is -1.00 e. The van der Waals surface area contributed by atoms with Gasteiger partial charge in [-0.1, -0.05) is 153 Å². The zero-order chi connectivity index (χ0) is 21.4. The Hall–Kier alpha value is -0.530. The van der Waals surface area contributed by atoms with Crippen molar-refractivity contribution in [3.8, 4) is 0 Å². The summed E-state index contributed by atoms with van der Waals surface area (Å²) in [5.41, 5.74) is 1.45. The molecule has 0 aliphatic rings. The molecule has 2 N–H and O–H groups in total. The van der Waals surface area contributed by atoms with E-state index in [0.29, 0.717) is 0 Å². The third-order valence-electron chi connectivity index (χ3n) is 6.48. The van der Waals surface area contributed by atoms with E-state index >= 15 is 0 Å². The number of hydrogen-bond acceptors (Lipinski definition) is 0. The summed E-state index contributed by atoms with van der Waals surface area (Å²) >= 11 is 0. The summed E-state index contributed by atoms with van der Waals surface area (Å²) in [6.45, 7) is 4.73. The highest BCUT2D eigenvalue weighted by Crippen LogP contribution is 2.14. The number of unbranched alkanes of at least 4 members (excludes halogenated alkanes) is 19. The molecule has 1 rings (SSSR count). The predicted octanol–water partition coefficient (Wildman–Crippen LogP) is 5.58. The molecule has 1 nitrogen and oxygen atoms in total. The summed E-state index contributed by atoms with van der Waals surface area (Å²) < 4.78 is 0. The minimum atomic E-state index is 0. The van der Waals surface area contributed by atoms with E-state index in [2.05, 4.69) is 42.6 Å². The third-order valence-corrected chi connectivity index (χ3v) is 6.48. The van der Waals surface area contributed by atoms with Crippen LogP contribution < -0.4 is 17.7 Å². The third kappa shape index (κ3) is 22.5. The average molecular weight is 452 g/mol. The Bertz CT molecular complexity index is 434. The molecule has 1 aromatic carbocycles. The van der Waals surface area contributed by atoms with Gasteiger partial charge in [0.1, 0.15) is 6.54 Å². The minimum absolute atomic E-state index is 0. The lowest BCUT2D eigenvalue weighted by molar-refractivity contribution is -0.671. The zero-order valence-electron chi connectivity index (χ0n) is 20.9. The first-order valence-corrected chi connectivity index (χ1v) is 13.8. The lowest BCUT2D eigenvalue weighted by Crippen LogP contribution is -3.00. The Labute approximate surface area is 202 Å². The van der Waals surface area contributed by atoms with E-state index in [9.17, 15) is 0 Å². The molecule has 0 spiro atoms. The van der Waals surface area contributed by atoms with E-state index in [1.54, 1.807) is 0 Å². The van der Waals surface area contributed by atoms with Gasteiger partial charge in [0.15, 0.2) is 0 Å². The Balaban J connectivity index is 0.00000900. The second kappa shape index (κ2) is 25.7. The van der Waals surface area contributed by atoms with Crippen molar-refractivity contribution in [2.24, 2.45) is 0 Å². The molecule has 0 aromatic heterocycles. The number of quaternary nitrogens is 1. The molecule has 0 atom stereocenters. The average Bonchev–Trinajstić information content (AvgIpc) is 2.78. The van der Waals surface area contributed by atoms with Crippen LogP contribution >= 0.6 is 0 Å². The second-order valence-corrected chi connectivity index (χ2v) is 9.48. The van der Waals surface area contributed by atoms with Crippen LogP contribution in [0.1, 0.15) is 141 Å². The van der Waals surface area contributed by atoms with E-state index in [4.69, 9.17) is 0 Å². The molecule has 0 radical (unpaired) electrons.